The average molecular weight is 463 g/mol. The second-order valence-electron chi connectivity index (χ2n) is 8.66. The van der Waals surface area contributed by atoms with Crippen molar-refractivity contribution in [3.63, 3.8) is 0 Å². The lowest BCUT2D eigenvalue weighted by Crippen LogP contribution is -2.51. The summed E-state index contributed by atoms with van der Waals surface area (Å²) in [5.74, 6) is -1.07. The molecule has 0 bridgehead atoms. The summed E-state index contributed by atoms with van der Waals surface area (Å²) < 4.78 is 5.40. The quantitative estimate of drug-likeness (QED) is 0.457. The van der Waals surface area contributed by atoms with Crippen LogP contribution in [0.15, 0.2) is 48.5 Å². The number of urea groups is 1. The number of hydrogen-bond donors (Lipinski definition) is 0. The highest BCUT2D eigenvalue weighted by molar-refractivity contribution is 6.35. The van der Waals surface area contributed by atoms with Crippen LogP contribution in [0.3, 0.4) is 0 Å². The zero-order chi connectivity index (χ0) is 23.0. The second kappa shape index (κ2) is 8.52. The van der Waals surface area contributed by atoms with E-state index in [-0.39, 0.29) is 18.7 Å². The SMILES string of the molecule is CC(C)(C)OC(=O)CN1C(=O)N(c2cc(Cl)cc(Cl)c2)C(=O)C1(C)Cc1ccccc1. The molecule has 0 aromatic heterocycles. The summed E-state index contributed by atoms with van der Waals surface area (Å²) in [6.07, 6.45) is 0.228. The minimum atomic E-state index is -1.30. The molecule has 0 aliphatic carbocycles. The molecule has 0 spiro atoms. The molecule has 3 rings (SSSR count). The average Bonchev–Trinajstić information content (AvgIpc) is 2.81. The number of carbonyl (C=O) groups is 3. The lowest BCUT2D eigenvalue weighted by molar-refractivity contribution is -0.156. The first kappa shape index (κ1) is 23.1. The van der Waals surface area contributed by atoms with E-state index >= 15 is 0 Å². The number of halogens is 2. The second-order valence-corrected chi connectivity index (χ2v) is 9.53. The normalized spacial score (nSPS) is 19.2. The molecule has 1 saturated heterocycles. The third-order valence-corrected chi connectivity index (χ3v) is 5.32. The van der Waals surface area contributed by atoms with Gasteiger partial charge in [-0.25, -0.2) is 9.69 Å². The fourth-order valence-electron chi connectivity index (χ4n) is 3.58. The van der Waals surface area contributed by atoms with Crippen LogP contribution in [0.25, 0.3) is 0 Å². The van der Waals surface area contributed by atoms with E-state index in [2.05, 4.69) is 0 Å². The minimum Gasteiger partial charge on any atom is -0.459 e. The standard InChI is InChI=1S/C23H24Cl2N2O4/c1-22(2,3)31-19(28)14-26-21(30)27(18-11-16(24)10-17(25)12-18)20(29)23(26,4)13-15-8-6-5-7-9-15/h5-12H,13-14H2,1-4H3. The number of carbonyl (C=O) groups excluding carboxylic acids is 3. The zero-order valence-corrected chi connectivity index (χ0v) is 19.3. The summed E-state index contributed by atoms with van der Waals surface area (Å²) in [4.78, 5) is 41.8. The van der Waals surface area contributed by atoms with Crippen LogP contribution in [0.2, 0.25) is 10.0 Å². The Morgan fingerprint density at radius 2 is 1.61 bits per heavy atom. The van der Waals surface area contributed by atoms with Gasteiger partial charge in [-0.15, -0.1) is 0 Å². The van der Waals surface area contributed by atoms with Crippen LogP contribution in [0.1, 0.15) is 33.3 Å². The molecule has 1 heterocycles. The molecule has 1 aliphatic heterocycles. The largest absolute Gasteiger partial charge is 0.459 e. The molecule has 6 nitrogen and oxygen atoms in total. The summed E-state index contributed by atoms with van der Waals surface area (Å²) in [7, 11) is 0. The van der Waals surface area contributed by atoms with Crippen LogP contribution in [-0.4, -0.2) is 40.5 Å². The number of nitrogens with zero attached hydrogens (tertiary/aromatic N) is 2. The first-order valence-electron chi connectivity index (χ1n) is 9.79. The number of hydrogen-bond acceptors (Lipinski definition) is 4. The molecule has 0 N–H and O–H groups in total. The highest BCUT2D eigenvalue weighted by Gasteiger charge is 2.55. The molecule has 0 radical (unpaired) electrons. The Kier molecular flexibility index (Phi) is 6.35. The maximum Gasteiger partial charge on any atom is 0.332 e. The Labute approximate surface area is 191 Å². The van der Waals surface area contributed by atoms with Crippen molar-refractivity contribution in [1.29, 1.82) is 0 Å². The number of imide groups is 1. The molecule has 8 heteroatoms. The molecule has 2 aromatic rings. The van der Waals surface area contributed by atoms with Gasteiger partial charge in [0.2, 0.25) is 0 Å². The van der Waals surface area contributed by atoms with Crippen LogP contribution in [-0.2, 0) is 20.7 Å². The number of ether oxygens (including phenoxy) is 1. The van der Waals surface area contributed by atoms with E-state index in [0.29, 0.717) is 10.0 Å². The van der Waals surface area contributed by atoms with Gasteiger partial charge in [-0.3, -0.25) is 14.5 Å². The summed E-state index contributed by atoms with van der Waals surface area (Å²) in [6.45, 7) is 6.51. The number of anilines is 1. The van der Waals surface area contributed by atoms with Gasteiger partial charge in [-0.05, 0) is 51.5 Å². The van der Waals surface area contributed by atoms with E-state index in [1.807, 2.05) is 30.3 Å². The van der Waals surface area contributed by atoms with Crippen LogP contribution in [0.4, 0.5) is 10.5 Å². The molecule has 0 saturated carbocycles. The van der Waals surface area contributed by atoms with E-state index in [1.165, 1.54) is 23.1 Å². The Bertz CT molecular complexity index is 1000. The van der Waals surface area contributed by atoms with Crippen molar-refractivity contribution in [3.8, 4) is 0 Å². The van der Waals surface area contributed by atoms with Gasteiger partial charge in [0.25, 0.3) is 5.91 Å². The predicted octanol–water partition coefficient (Wildman–Crippen LogP) is 5.11. The summed E-state index contributed by atoms with van der Waals surface area (Å²) in [5.41, 5.74) is -0.922. The molecule has 1 unspecified atom stereocenters. The lowest BCUT2D eigenvalue weighted by Gasteiger charge is -2.32. The highest BCUT2D eigenvalue weighted by atomic mass is 35.5. The number of benzene rings is 2. The maximum atomic E-state index is 13.6. The van der Waals surface area contributed by atoms with E-state index in [4.69, 9.17) is 27.9 Å². The Morgan fingerprint density at radius 1 is 1.03 bits per heavy atom. The Hall–Kier alpha value is -2.57. The van der Waals surface area contributed by atoms with E-state index in [0.717, 1.165) is 10.5 Å². The van der Waals surface area contributed by atoms with Crippen molar-refractivity contribution in [2.75, 3.05) is 11.4 Å². The van der Waals surface area contributed by atoms with Crippen molar-refractivity contribution in [2.45, 2.75) is 45.3 Å². The smallest absolute Gasteiger partial charge is 0.332 e. The number of amides is 3. The molecule has 2 aromatic carbocycles. The molecule has 1 aliphatic rings. The van der Waals surface area contributed by atoms with Crippen molar-refractivity contribution < 1.29 is 19.1 Å². The monoisotopic (exact) mass is 462 g/mol. The summed E-state index contributed by atoms with van der Waals surface area (Å²) >= 11 is 12.2. The van der Waals surface area contributed by atoms with Gasteiger partial charge in [0, 0.05) is 16.5 Å². The fourth-order valence-corrected chi connectivity index (χ4v) is 4.09. The Balaban J connectivity index is 2.02. The minimum absolute atomic E-state index is 0.228. The van der Waals surface area contributed by atoms with Gasteiger partial charge in [0.15, 0.2) is 0 Å². The first-order valence-corrected chi connectivity index (χ1v) is 10.5. The van der Waals surface area contributed by atoms with Gasteiger partial charge in [-0.2, -0.15) is 0 Å². The topological polar surface area (TPSA) is 66.9 Å². The van der Waals surface area contributed by atoms with Gasteiger partial charge >= 0.3 is 12.0 Å². The zero-order valence-electron chi connectivity index (χ0n) is 17.8. The molecule has 164 valence electrons. The molecular formula is C23H24Cl2N2O4. The van der Waals surface area contributed by atoms with Crippen LogP contribution in [0.5, 0.6) is 0 Å². The van der Waals surface area contributed by atoms with E-state index in [9.17, 15) is 14.4 Å². The van der Waals surface area contributed by atoms with E-state index < -0.39 is 29.0 Å². The van der Waals surface area contributed by atoms with Crippen molar-refractivity contribution in [1.82, 2.24) is 4.90 Å². The third kappa shape index (κ3) is 5.02. The third-order valence-electron chi connectivity index (χ3n) is 4.89. The molecule has 3 amide bonds. The summed E-state index contributed by atoms with van der Waals surface area (Å²) in [5, 5.41) is 0.580. The van der Waals surface area contributed by atoms with Gasteiger partial charge in [0.05, 0.1) is 5.69 Å². The molecule has 31 heavy (non-hydrogen) atoms. The number of rotatable bonds is 5. The molecular weight excluding hydrogens is 439 g/mol. The Morgan fingerprint density at radius 3 is 2.16 bits per heavy atom. The van der Waals surface area contributed by atoms with Crippen molar-refractivity contribution >= 4 is 46.8 Å². The fraction of sp³-hybridized carbons (Fsp3) is 0.348. The predicted molar refractivity (Wildman–Crippen MR) is 120 cm³/mol. The van der Waals surface area contributed by atoms with Gasteiger partial charge in [0.1, 0.15) is 17.7 Å². The van der Waals surface area contributed by atoms with Gasteiger partial charge in [-0.1, -0.05) is 53.5 Å². The highest BCUT2D eigenvalue weighted by Crippen LogP contribution is 2.36. The van der Waals surface area contributed by atoms with Crippen LogP contribution in [0, 0.1) is 0 Å². The van der Waals surface area contributed by atoms with Gasteiger partial charge < -0.3 is 4.74 Å². The number of esters is 1. The lowest BCUT2D eigenvalue weighted by atomic mass is 9.91. The van der Waals surface area contributed by atoms with Crippen LogP contribution < -0.4 is 4.90 Å². The van der Waals surface area contributed by atoms with E-state index in [1.54, 1.807) is 27.7 Å². The summed E-state index contributed by atoms with van der Waals surface area (Å²) in [6, 6.07) is 13.2. The first-order chi connectivity index (χ1) is 14.4. The van der Waals surface area contributed by atoms with Crippen molar-refractivity contribution in [2.24, 2.45) is 0 Å². The van der Waals surface area contributed by atoms with Crippen LogP contribution >= 0.6 is 23.2 Å². The van der Waals surface area contributed by atoms with Crippen molar-refractivity contribution in [3.05, 3.63) is 64.1 Å². The maximum absolute atomic E-state index is 13.6. The molecule has 1 fully saturated rings. The molecule has 1 atom stereocenters.